The van der Waals surface area contributed by atoms with Crippen LogP contribution in [0.3, 0.4) is 0 Å². The van der Waals surface area contributed by atoms with E-state index in [1.54, 1.807) is 6.20 Å². The second kappa shape index (κ2) is 7.06. The number of hydrogen-bond donors (Lipinski definition) is 1. The maximum atomic E-state index is 9.25. The molecule has 0 saturated heterocycles. The van der Waals surface area contributed by atoms with Gasteiger partial charge in [-0.3, -0.25) is 4.68 Å². The van der Waals surface area contributed by atoms with Crippen LogP contribution in [0.5, 0.6) is 0 Å². The zero-order chi connectivity index (χ0) is 17.1. The van der Waals surface area contributed by atoms with Crippen LogP contribution < -0.4 is 0 Å². The Kier molecular flexibility index (Phi) is 4.47. The number of nitriles is 1. The van der Waals surface area contributed by atoms with Crippen LogP contribution in [0.2, 0.25) is 0 Å². The van der Waals surface area contributed by atoms with Gasteiger partial charge < -0.3 is 4.98 Å². The molecule has 3 aromatic rings. The third-order valence-corrected chi connectivity index (χ3v) is 5.30. The minimum Gasteiger partial charge on any atom is -0.345 e. The Bertz CT molecular complexity index is 881. The molecule has 4 rings (SSSR count). The number of nitrogens with zero attached hydrogens (tertiary/aromatic N) is 5. The molecule has 1 N–H and O–H groups in total. The number of H-pyrrole nitrogens is 1. The van der Waals surface area contributed by atoms with E-state index in [4.69, 9.17) is 0 Å². The lowest BCUT2D eigenvalue weighted by Crippen LogP contribution is -2.16. The highest BCUT2D eigenvalue weighted by Gasteiger charge is 2.21. The number of fused-ring (bicyclic) bond motifs is 1. The van der Waals surface area contributed by atoms with Crippen molar-refractivity contribution in [2.75, 3.05) is 0 Å². The van der Waals surface area contributed by atoms with Crippen molar-refractivity contribution in [3.63, 3.8) is 0 Å². The zero-order valence-corrected chi connectivity index (χ0v) is 14.2. The quantitative estimate of drug-likeness (QED) is 0.756. The summed E-state index contributed by atoms with van der Waals surface area (Å²) in [5.41, 5.74) is 2.82. The molecule has 1 aliphatic rings. The highest BCUT2D eigenvalue weighted by molar-refractivity contribution is 5.91. The van der Waals surface area contributed by atoms with Gasteiger partial charge in [-0.15, -0.1) is 5.10 Å². The Morgan fingerprint density at radius 3 is 3.00 bits per heavy atom. The fourth-order valence-corrected chi connectivity index (χ4v) is 3.98. The number of rotatable bonds is 5. The Labute approximate surface area is 146 Å². The van der Waals surface area contributed by atoms with Crippen molar-refractivity contribution >= 4 is 11.0 Å². The van der Waals surface area contributed by atoms with Crippen LogP contribution in [-0.4, -0.2) is 25.0 Å². The molecule has 128 valence electrons. The lowest BCUT2D eigenvalue weighted by molar-refractivity contribution is 0.278. The van der Waals surface area contributed by atoms with E-state index in [9.17, 15) is 5.26 Å². The predicted molar refractivity (Wildman–Crippen MR) is 95.6 cm³/mol. The molecule has 0 amide bonds. The Morgan fingerprint density at radius 1 is 1.28 bits per heavy atom. The molecule has 6 nitrogen and oxygen atoms in total. The minimum atomic E-state index is 0.151. The molecule has 1 saturated carbocycles. The van der Waals surface area contributed by atoms with E-state index >= 15 is 0 Å². The normalized spacial score (nSPS) is 16.8. The summed E-state index contributed by atoms with van der Waals surface area (Å²) in [6, 6.07) is 4.50. The van der Waals surface area contributed by atoms with Crippen LogP contribution in [-0.2, 0) is 0 Å². The second-order valence-corrected chi connectivity index (χ2v) is 6.96. The summed E-state index contributed by atoms with van der Waals surface area (Å²) in [7, 11) is 0. The molecule has 1 aliphatic carbocycles. The minimum absolute atomic E-state index is 0.151. The average Bonchev–Trinajstić information content (AvgIpc) is 3.31. The summed E-state index contributed by atoms with van der Waals surface area (Å²) >= 11 is 0. The first-order valence-electron chi connectivity index (χ1n) is 9.05. The fourth-order valence-electron chi connectivity index (χ4n) is 3.98. The molecule has 0 aromatic carbocycles. The van der Waals surface area contributed by atoms with E-state index < -0.39 is 0 Å². The van der Waals surface area contributed by atoms with E-state index in [0.29, 0.717) is 6.42 Å². The van der Waals surface area contributed by atoms with Crippen LogP contribution in [0.4, 0.5) is 0 Å². The van der Waals surface area contributed by atoms with Gasteiger partial charge in [-0.25, -0.2) is 0 Å². The zero-order valence-electron chi connectivity index (χ0n) is 14.2. The molecule has 0 radical (unpaired) electrons. The van der Waals surface area contributed by atoms with Crippen molar-refractivity contribution in [1.82, 2.24) is 25.0 Å². The van der Waals surface area contributed by atoms with Gasteiger partial charge in [-0.1, -0.05) is 32.1 Å². The van der Waals surface area contributed by atoms with Gasteiger partial charge in [-0.05, 0) is 18.4 Å². The molecule has 6 heteroatoms. The summed E-state index contributed by atoms with van der Waals surface area (Å²) in [5, 5.41) is 23.0. The number of aromatic nitrogens is 5. The summed E-state index contributed by atoms with van der Waals surface area (Å²) in [6.07, 6.45) is 15.7. The van der Waals surface area contributed by atoms with E-state index in [0.717, 1.165) is 34.5 Å². The predicted octanol–water partition coefficient (Wildman–Crippen LogP) is 4.25. The molecule has 3 aromatic heterocycles. The SMILES string of the molecule is N#CCC(CC1CCCCC1)n1cc(-c2cnnc3[nH]ccc23)cn1. The standard InChI is InChI=1S/C19H22N6/c20-8-6-16(10-14-4-2-1-3-5-14)25-13-15(11-23-25)18-12-22-24-19-17(18)7-9-21-19/h7,9,11-14,16H,1-6,10H2,(H,21,24). The maximum absolute atomic E-state index is 9.25. The topological polar surface area (TPSA) is 83.2 Å². The second-order valence-electron chi connectivity index (χ2n) is 6.96. The van der Waals surface area contributed by atoms with Gasteiger partial charge in [0.15, 0.2) is 5.65 Å². The van der Waals surface area contributed by atoms with Gasteiger partial charge in [0.1, 0.15) is 0 Å². The molecule has 1 fully saturated rings. The van der Waals surface area contributed by atoms with Gasteiger partial charge in [0.25, 0.3) is 0 Å². The lowest BCUT2D eigenvalue weighted by atomic mass is 9.84. The van der Waals surface area contributed by atoms with E-state index in [-0.39, 0.29) is 6.04 Å². The summed E-state index contributed by atoms with van der Waals surface area (Å²) in [6.45, 7) is 0. The highest BCUT2D eigenvalue weighted by atomic mass is 15.3. The van der Waals surface area contributed by atoms with Crippen molar-refractivity contribution in [3.8, 4) is 17.2 Å². The van der Waals surface area contributed by atoms with Gasteiger partial charge in [0.2, 0.25) is 0 Å². The van der Waals surface area contributed by atoms with Crippen LogP contribution in [0.25, 0.3) is 22.2 Å². The third-order valence-electron chi connectivity index (χ3n) is 5.30. The monoisotopic (exact) mass is 334 g/mol. The molecule has 0 aliphatic heterocycles. The van der Waals surface area contributed by atoms with Crippen molar-refractivity contribution in [3.05, 3.63) is 30.9 Å². The number of hydrogen-bond acceptors (Lipinski definition) is 4. The first kappa shape index (κ1) is 15.8. The van der Waals surface area contributed by atoms with Crippen molar-refractivity contribution in [2.45, 2.75) is 51.0 Å². The third kappa shape index (κ3) is 3.27. The largest absolute Gasteiger partial charge is 0.345 e. The van der Waals surface area contributed by atoms with Gasteiger partial charge in [0, 0.05) is 28.9 Å². The van der Waals surface area contributed by atoms with Crippen molar-refractivity contribution in [2.24, 2.45) is 5.92 Å². The Balaban J connectivity index is 1.59. The first-order chi connectivity index (χ1) is 12.3. The molecular weight excluding hydrogens is 312 g/mol. The summed E-state index contributed by atoms with van der Waals surface area (Å²) < 4.78 is 1.98. The van der Waals surface area contributed by atoms with Crippen LogP contribution in [0.1, 0.15) is 51.0 Å². The molecule has 0 spiro atoms. The first-order valence-corrected chi connectivity index (χ1v) is 9.05. The van der Waals surface area contributed by atoms with Crippen LogP contribution in [0.15, 0.2) is 30.9 Å². The van der Waals surface area contributed by atoms with E-state index in [2.05, 4.69) is 26.3 Å². The average molecular weight is 334 g/mol. The molecular formula is C19H22N6. The van der Waals surface area contributed by atoms with Crippen LogP contribution >= 0.6 is 0 Å². The lowest BCUT2D eigenvalue weighted by Gasteiger charge is -2.25. The fraction of sp³-hybridized carbons (Fsp3) is 0.474. The maximum Gasteiger partial charge on any atom is 0.160 e. The summed E-state index contributed by atoms with van der Waals surface area (Å²) in [4.78, 5) is 3.09. The molecule has 0 bridgehead atoms. The molecule has 3 heterocycles. The number of nitrogens with one attached hydrogen (secondary N) is 1. The van der Waals surface area contributed by atoms with Gasteiger partial charge >= 0.3 is 0 Å². The van der Waals surface area contributed by atoms with Gasteiger partial charge in [-0.2, -0.15) is 15.5 Å². The van der Waals surface area contributed by atoms with E-state index in [1.165, 1.54) is 32.1 Å². The smallest absolute Gasteiger partial charge is 0.160 e. The molecule has 1 unspecified atom stereocenters. The van der Waals surface area contributed by atoms with Crippen molar-refractivity contribution in [1.29, 1.82) is 5.26 Å². The van der Waals surface area contributed by atoms with Gasteiger partial charge in [0.05, 0.1) is 30.9 Å². The summed E-state index contributed by atoms with van der Waals surface area (Å²) in [5.74, 6) is 0.721. The van der Waals surface area contributed by atoms with E-state index in [1.807, 2.05) is 29.3 Å². The van der Waals surface area contributed by atoms with Crippen LogP contribution in [0, 0.1) is 17.2 Å². The Hall–Kier alpha value is -2.68. The molecule has 25 heavy (non-hydrogen) atoms. The van der Waals surface area contributed by atoms with Crippen molar-refractivity contribution < 1.29 is 0 Å². The Morgan fingerprint density at radius 2 is 2.16 bits per heavy atom. The number of aromatic amines is 1. The highest BCUT2D eigenvalue weighted by Crippen LogP contribution is 2.33. The molecule has 1 atom stereocenters.